The van der Waals surface area contributed by atoms with Gasteiger partial charge in [-0.25, -0.2) is 4.39 Å². The van der Waals surface area contributed by atoms with Crippen LogP contribution in [0.1, 0.15) is 17.3 Å². The summed E-state index contributed by atoms with van der Waals surface area (Å²) in [6.45, 7) is 2.44. The highest BCUT2D eigenvalue weighted by Gasteiger charge is 2.08. The molecule has 2 aromatic rings. The predicted molar refractivity (Wildman–Crippen MR) is 79.4 cm³/mol. The van der Waals surface area contributed by atoms with E-state index in [0.717, 1.165) is 9.79 Å². The molecule has 0 saturated heterocycles. The van der Waals surface area contributed by atoms with Gasteiger partial charge in [-0.05, 0) is 49.4 Å². The Morgan fingerprint density at radius 1 is 1.25 bits per heavy atom. The lowest BCUT2D eigenvalue weighted by atomic mass is 10.2. The van der Waals surface area contributed by atoms with Crippen molar-refractivity contribution in [3.63, 3.8) is 0 Å². The average molecular weight is 290 g/mol. The largest absolute Gasteiger partial charge is 0.398 e. The van der Waals surface area contributed by atoms with Crippen molar-refractivity contribution in [3.05, 3.63) is 53.8 Å². The topological polar surface area (TPSA) is 55.1 Å². The molecule has 2 rings (SSSR count). The molecule has 0 unspecified atom stereocenters. The van der Waals surface area contributed by atoms with E-state index in [1.54, 1.807) is 30.3 Å². The first-order valence-corrected chi connectivity index (χ1v) is 7.03. The Balaban J connectivity index is 2.17. The van der Waals surface area contributed by atoms with E-state index in [4.69, 9.17) is 5.73 Å². The molecule has 0 atom stereocenters. The first-order valence-electron chi connectivity index (χ1n) is 6.21. The van der Waals surface area contributed by atoms with Crippen LogP contribution in [0.15, 0.2) is 52.3 Å². The van der Waals surface area contributed by atoms with Gasteiger partial charge in [-0.1, -0.05) is 11.8 Å². The molecule has 1 amide bonds. The molecule has 3 N–H and O–H groups in total. The van der Waals surface area contributed by atoms with Crippen LogP contribution in [0.4, 0.5) is 10.1 Å². The maximum absolute atomic E-state index is 12.8. The summed E-state index contributed by atoms with van der Waals surface area (Å²) in [5.41, 5.74) is 7.02. The summed E-state index contributed by atoms with van der Waals surface area (Å²) in [4.78, 5) is 13.4. The van der Waals surface area contributed by atoms with Gasteiger partial charge in [-0.3, -0.25) is 4.79 Å². The molecule has 2 aromatic carbocycles. The summed E-state index contributed by atoms with van der Waals surface area (Å²) in [5, 5.41) is 2.72. The maximum atomic E-state index is 12.8. The third kappa shape index (κ3) is 3.51. The predicted octanol–water partition coefficient (Wildman–Crippen LogP) is 3.31. The van der Waals surface area contributed by atoms with E-state index in [-0.39, 0.29) is 11.7 Å². The lowest BCUT2D eigenvalue weighted by molar-refractivity contribution is 0.0956. The van der Waals surface area contributed by atoms with Crippen LogP contribution in [0.25, 0.3) is 0 Å². The van der Waals surface area contributed by atoms with Gasteiger partial charge in [-0.2, -0.15) is 0 Å². The molecule has 0 aliphatic rings. The number of amides is 1. The lowest BCUT2D eigenvalue weighted by Gasteiger charge is -2.08. The summed E-state index contributed by atoms with van der Waals surface area (Å²) in [6, 6.07) is 11.4. The normalized spacial score (nSPS) is 10.3. The van der Waals surface area contributed by atoms with E-state index in [9.17, 15) is 9.18 Å². The SMILES string of the molecule is CCNC(=O)c1ccc(Sc2ccc(F)cc2)c(N)c1. The van der Waals surface area contributed by atoms with Gasteiger partial charge in [0, 0.05) is 27.6 Å². The zero-order chi connectivity index (χ0) is 14.5. The Labute approximate surface area is 121 Å². The molecular weight excluding hydrogens is 275 g/mol. The highest BCUT2D eigenvalue weighted by molar-refractivity contribution is 7.99. The molecule has 0 aliphatic carbocycles. The summed E-state index contributed by atoms with van der Waals surface area (Å²) in [5.74, 6) is -0.411. The Morgan fingerprint density at radius 2 is 1.95 bits per heavy atom. The Bertz CT molecular complexity index is 614. The minimum atomic E-state index is -0.270. The van der Waals surface area contributed by atoms with Crippen LogP contribution in [0.3, 0.4) is 0 Å². The highest BCUT2D eigenvalue weighted by atomic mass is 32.2. The number of anilines is 1. The van der Waals surface area contributed by atoms with Gasteiger partial charge in [0.2, 0.25) is 0 Å². The number of carbonyl (C=O) groups excluding carboxylic acids is 1. The molecule has 0 aliphatic heterocycles. The van der Waals surface area contributed by atoms with Gasteiger partial charge in [0.1, 0.15) is 5.82 Å². The van der Waals surface area contributed by atoms with Crippen LogP contribution in [-0.4, -0.2) is 12.5 Å². The number of nitrogens with one attached hydrogen (secondary N) is 1. The fraction of sp³-hybridized carbons (Fsp3) is 0.133. The zero-order valence-corrected chi connectivity index (χ0v) is 11.8. The summed E-state index contributed by atoms with van der Waals surface area (Å²) in [7, 11) is 0. The van der Waals surface area contributed by atoms with Crippen molar-refractivity contribution in [2.45, 2.75) is 16.7 Å². The molecule has 0 saturated carbocycles. The number of hydrogen-bond acceptors (Lipinski definition) is 3. The van der Waals surface area contributed by atoms with Crippen LogP contribution in [0.5, 0.6) is 0 Å². The number of nitrogens with two attached hydrogens (primary N) is 1. The summed E-state index contributed by atoms with van der Waals surface area (Å²) < 4.78 is 12.8. The van der Waals surface area contributed by atoms with Crippen LogP contribution in [0.2, 0.25) is 0 Å². The first kappa shape index (κ1) is 14.4. The standard InChI is InChI=1S/C15H15FN2OS/c1-2-18-15(19)10-3-8-14(13(17)9-10)20-12-6-4-11(16)5-7-12/h3-9H,2,17H2,1H3,(H,18,19). The van der Waals surface area contributed by atoms with Crippen molar-refractivity contribution in [1.29, 1.82) is 0 Å². The summed E-state index contributed by atoms with van der Waals surface area (Å²) in [6.07, 6.45) is 0. The molecule has 0 radical (unpaired) electrons. The van der Waals surface area contributed by atoms with Gasteiger partial charge in [-0.15, -0.1) is 0 Å². The second kappa shape index (κ2) is 6.43. The summed E-state index contributed by atoms with van der Waals surface area (Å²) >= 11 is 1.43. The van der Waals surface area contributed by atoms with Gasteiger partial charge < -0.3 is 11.1 Å². The molecule has 3 nitrogen and oxygen atoms in total. The Hall–Kier alpha value is -2.01. The maximum Gasteiger partial charge on any atom is 0.251 e. The van der Waals surface area contributed by atoms with E-state index >= 15 is 0 Å². The molecule has 0 aromatic heterocycles. The molecule has 0 bridgehead atoms. The molecule has 20 heavy (non-hydrogen) atoms. The minimum absolute atomic E-state index is 0.141. The van der Waals surface area contributed by atoms with E-state index in [1.165, 1.54) is 23.9 Å². The van der Waals surface area contributed by atoms with E-state index in [2.05, 4.69) is 5.32 Å². The van der Waals surface area contributed by atoms with Crippen molar-refractivity contribution in [1.82, 2.24) is 5.32 Å². The van der Waals surface area contributed by atoms with Crippen molar-refractivity contribution in [2.24, 2.45) is 0 Å². The van der Waals surface area contributed by atoms with Gasteiger partial charge in [0.25, 0.3) is 5.91 Å². The van der Waals surface area contributed by atoms with Crippen LogP contribution in [-0.2, 0) is 0 Å². The fourth-order valence-electron chi connectivity index (χ4n) is 1.67. The molecule has 0 spiro atoms. The zero-order valence-electron chi connectivity index (χ0n) is 11.0. The van der Waals surface area contributed by atoms with Crippen molar-refractivity contribution in [3.8, 4) is 0 Å². The number of nitrogen functional groups attached to an aromatic ring is 1. The van der Waals surface area contributed by atoms with Gasteiger partial charge in [0.15, 0.2) is 0 Å². The third-order valence-electron chi connectivity index (χ3n) is 2.65. The van der Waals surface area contributed by atoms with Gasteiger partial charge in [0.05, 0.1) is 0 Å². The quantitative estimate of drug-likeness (QED) is 0.849. The smallest absolute Gasteiger partial charge is 0.251 e. The number of halogens is 1. The average Bonchev–Trinajstić information content (AvgIpc) is 2.43. The van der Waals surface area contributed by atoms with E-state index in [0.29, 0.717) is 17.8 Å². The van der Waals surface area contributed by atoms with Crippen molar-refractivity contribution >= 4 is 23.4 Å². The number of hydrogen-bond donors (Lipinski definition) is 2. The van der Waals surface area contributed by atoms with Crippen molar-refractivity contribution in [2.75, 3.05) is 12.3 Å². The second-order valence-electron chi connectivity index (χ2n) is 4.17. The van der Waals surface area contributed by atoms with E-state index < -0.39 is 0 Å². The number of carbonyl (C=O) groups is 1. The van der Waals surface area contributed by atoms with Crippen LogP contribution < -0.4 is 11.1 Å². The molecule has 0 heterocycles. The minimum Gasteiger partial charge on any atom is -0.398 e. The Morgan fingerprint density at radius 3 is 2.55 bits per heavy atom. The molecule has 0 fully saturated rings. The monoisotopic (exact) mass is 290 g/mol. The van der Waals surface area contributed by atoms with Gasteiger partial charge >= 0.3 is 0 Å². The van der Waals surface area contributed by atoms with E-state index in [1.807, 2.05) is 6.92 Å². The lowest BCUT2D eigenvalue weighted by Crippen LogP contribution is -2.22. The van der Waals surface area contributed by atoms with Crippen LogP contribution >= 0.6 is 11.8 Å². The Kier molecular flexibility index (Phi) is 4.63. The molecule has 5 heteroatoms. The fourth-order valence-corrected chi connectivity index (χ4v) is 2.51. The second-order valence-corrected chi connectivity index (χ2v) is 5.28. The third-order valence-corrected chi connectivity index (χ3v) is 3.75. The molecule has 104 valence electrons. The number of rotatable bonds is 4. The first-order chi connectivity index (χ1) is 9.60. The van der Waals surface area contributed by atoms with Crippen LogP contribution in [0, 0.1) is 5.82 Å². The molecular formula is C15H15FN2OS. The van der Waals surface area contributed by atoms with Crippen molar-refractivity contribution < 1.29 is 9.18 Å². The number of benzene rings is 2. The highest BCUT2D eigenvalue weighted by Crippen LogP contribution is 2.32.